The molecule has 1 aromatic carbocycles. The van der Waals surface area contributed by atoms with Crippen molar-refractivity contribution in [1.82, 2.24) is 4.90 Å². The van der Waals surface area contributed by atoms with Crippen molar-refractivity contribution in [3.8, 4) is 0 Å². The highest BCUT2D eigenvalue weighted by atomic mass is 79.9. The third kappa shape index (κ3) is 3.34. The van der Waals surface area contributed by atoms with Gasteiger partial charge >= 0.3 is 0 Å². The predicted octanol–water partition coefficient (Wildman–Crippen LogP) is 3.71. The number of carbonyl (C=O) groups is 1. The van der Waals surface area contributed by atoms with E-state index in [0.717, 1.165) is 22.9 Å². The van der Waals surface area contributed by atoms with Gasteiger partial charge in [-0.3, -0.25) is 4.79 Å². The first-order valence-electron chi connectivity index (χ1n) is 5.59. The molecule has 1 rings (SSSR count). The highest BCUT2D eigenvalue weighted by Gasteiger charge is 2.16. The molecule has 1 aromatic rings. The number of carbonyl (C=O) groups excluding carboxylic acids is 1. The van der Waals surface area contributed by atoms with E-state index in [-0.39, 0.29) is 5.91 Å². The summed E-state index contributed by atoms with van der Waals surface area (Å²) in [6.07, 6.45) is 2.14. The quantitative estimate of drug-likeness (QED) is 0.825. The standard InChI is InChI=1S/C13H18BrNO/c1-4-5-10(2)15(3)13(16)11-6-8-12(14)9-7-11/h6-10H,4-5H2,1-3H3. The molecule has 1 amide bonds. The summed E-state index contributed by atoms with van der Waals surface area (Å²) < 4.78 is 0.994. The van der Waals surface area contributed by atoms with E-state index >= 15 is 0 Å². The van der Waals surface area contributed by atoms with Crippen molar-refractivity contribution in [3.63, 3.8) is 0 Å². The van der Waals surface area contributed by atoms with Gasteiger partial charge in [0.15, 0.2) is 0 Å². The van der Waals surface area contributed by atoms with Crippen LogP contribution in [0.3, 0.4) is 0 Å². The van der Waals surface area contributed by atoms with E-state index in [1.54, 1.807) is 0 Å². The van der Waals surface area contributed by atoms with E-state index in [2.05, 4.69) is 29.8 Å². The second-order valence-electron chi connectivity index (χ2n) is 4.06. The molecule has 1 atom stereocenters. The highest BCUT2D eigenvalue weighted by molar-refractivity contribution is 9.10. The van der Waals surface area contributed by atoms with E-state index in [1.165, 1.54) is 0 Å². The molecule has 0 aliphatic carbocycles. The third-order valence-electron chi connectivity index (χ3n) is 2.78. The average molecular weight is 284 g/mol. The fourth-order valence-corrected chi connectivity index (χ4v) is 1.87. The van der Waals surface area contributed by atoms with Gasteiger partial charge in [0, 0.05) is 23.1 Å². The zero-order valence-corrected chi connectivity index (χ0v) is 11.6. The number of hydrogen-bond donors (Lipinski definition) is 0. The lowest BCUT2D eigenvalue weighted by Gasteiger charge is -2.24. The predicted molar refractivity (Wildman–Crippen MR) is 70.6 cm³/mol. The van der Waals surface area contributed by atoms with Gasteiger partial charge in [0.1, 0.15) is 0 Å². The summed E-state index contributed by atoms with van der Waals surface area (Å²) in [7, 11) is 1.87. The zero-order valence-electron chi connectivity index (χ0n) is 10.0. The molecule has 16 heavy (non-hydrogen) atoms. The van der Waals surface area contributed by atoms with Gasteiger partial charge < -0.3 is 4.90 Å². The maximum atomic E-state index is 12.1. The Bertz CT molecular complexity index is 347. The molecule has 0 heterocycles. The largest absolute Gasteiger partial charge is 0.339 e. The first-order valence-corrected chi connectivity index (χ1v) is 6.38. The molecule has 3 heteroatoms. The molecule has 88 valence electrons. The number of benzene rings is 1. The minimum Gasteiger partial charge on any atom is -0.339 e. The van der Waals surface area contributed by atoms with Crippen LogP contribution in [0, 0.1) is 0 Å². The van der Waals surface area contributed by atoms with Gasteiger partial charge in [-0.2, -0.15) is 0 Å². The van der Waals surface area contributed by atoms with Crippen molar-refractivity contribution in [2.24, 2.45) is 0 Å². The zero-order chi connectivity index (χ0) is 12.1. The van der Waals surface area contributed by atoms with Gasteiger partial charge in [-0.15, -0.1) is 0 Å². The van der Waals surface area contributed by atoms with Gasteiger partial charge in [0.2, 0.25) is 0 Å². The molecular weight excluding hydrogens is 266 g/mol. The Morgan fingerprint density at radius 1 is 1.38 bits per heavy atom. The average Bonchev–Trinajstić information content (AvgIpc) is 2.28. The molecule has 0 fully saturated rings. The maximum absolute atomic E-state index is 12.1. The fourth-order valence-electron chi connectivity index (χ4n) is 1.61. The second kappa shape index (κ2) is 6.04. The molecular formula is C13H18BrNO. The van der Waals surface area contributed by atoms with Crippen LogP contribution in [-0.2, 0) is 0 Å². The van der Waals surface area contributed by atoms with Crippen LogP contribution >= 0.6 is 15.9 Å². The van der Waals surface area contributed by atoms with E-state index in [9.17, 15) is 4.79 Å². The SMILES string of the molecule is CCCC(C)N(C)C(=O)c1ccc(Br)cc1. The van der Waals surface area contributed by atoms with Gasteiger partial charge in [0.25, 0.3) is 5.91 Å². The van der Waals surface area contributed by atoms with Crippen LogP contribution in [0.4, 0.5) is 0 Å². The van der Waals surface area contributed by atoms with E-state index in [1.807, 2.05) is 36.2 Å². The minimum absolute atomic E-state index is 0.0912. The normalized spacial score (nSPS) is 12.2. The van der Waals surface area contributed by atoms with Gasteiger partial charge in [-0.1, -0.05) is 29.3 Å². The van der Waals surface area contributed by atoms with Crippen LogP contribution in [0.1, 0.15) is 37.0 Å². The van der Waals surface area contributed by atoms with Gasteiger partial charge in [-0.25, -0.2) is 0 Å². The van der Waals surface area contributed by atoms with Crippen molar-refractivity contribution in [2.75, 3.05) is 7.05 Å². The molecule has 0 aliphatic rings. The Hall–Kier alpha value is -0.830. The topological polar surface area (TPSA) is 20.3 Å². The van der Waals surface area contributed by atoms with Crippen molar-refractivity contribution >= 4 is 21.8 Å². The molecule has 0 saturated carbocycles. The van der Waals surface area contributed by atoms with E-state index in [0.29, 0.717) is 6.04 Å². The van der Waals surface area contributed by atoms with Crippen LogP contribution in [0.5, 0.6) is 0 Å². The highest BCUT2D eigenvalue weighted by Crippen LogP contribution is 2.14. The molecule has 0 saturated heterocycles. The van der Waals surface area contributed by atoms with Crippen molar-refractivity contribution in [1.29, 1.82) is 0 Å². The Labute approximate surface area is 106 Å². The van der Waals surface area contributed by atoms with Gasteiger partial charge in [-0.05, 0) is 37.6 Å². The lowest BCUT2D eigenvalue weighted by molar-refractivity contribution is 0.0737. The summed E-state index contributed by atoms with van der Waals surface area (Å²) >= 11 is 3.36. The summed E-state index contributed by atoms with van der Waals surface area (Å²) in [5, 5.41) is 0. The second-order valence-corrected chi connectivity index (χ2v) is 4.98. The summed E-state index contributed by atoms with van der Waals surface area (Å²) in [5.74, 6) is 0.0912. The molecule has 0 radical (unpaired) electrons. The first-order chi connectivity index (χ1) is 7.56. The molecule has 0 aromatic heterocycles. The monoisotopic (exact) mass is 283 g/mol. The Balaban J connectivity index is 2.73. The fraction of sp³-hybridized carbons (Fsp3) is 0.462. The number of halogens is 1. The third-order valence-corrected chi connectivity index (χ3v) is 3.31. The van der Waals surface area contributed by atoms with Crippen LogP contribution in [0.2, 0.25) is 0 Å². The molecule has 0 aliphatic heterocycles. The molecule has 0 bridgehead atoms. The minimum atomic E-state index is 0.0912. The maximum Gasteiger partial charge on any atom is 0.253 e. The molecule has 0 spiro atoms. The summed E-state index contributed by atoms with van der Waals surface area (Å²) in [6, 6.07) is 7.78. The Kier molecular flexibility index (Phi) is 5.00. The first kappa shape index (κ1) is 13.2. The lowest BCUT2D eigenvalue weighted by Crippen LogP contribution is -2.34. The van der Waals surface area contributed by atoms with E-state index < -0.39 is 0 Å². The summed E-state index contributed by atoms with van der Waals surface area (Å²) in [6.45, 7) is 4.22. The molecule has 2 nitrogen and oxygen atoms in total. The van der Waals surface area contributed by atoms with Crippen LogP contribution in [-0.4, -0.2) is 23.9 Å². The number of amides is 1. The van der Waals surface area contributed by atoms with Crippen molar-refractivity contribution in [2.45, 2.75) is 32.7 Å². The Morgan fingerprint density at radius 3 is 2.44 bits per heavy atom. The van der Waals surface area contributed by atoms with Crippen molar-refractivity contribution in [3.05, 3.63) is 34.3 Å². The van der Waals surface area contributed by atoms with Crippen LogP contribution in [0.15, 0.2) is 28.7 Å². The van der Waals surface area contributed by atoms with Gasteiger partial charge in [0.05, 0.1) is 0 Å². The summed E-state index contributed by atoms with van der Waals surface area (Å²) in [5.41, 5.74) is 0.744. The number of rotatable bonds is 4. The molecule has 1 unspecified atom stereocenters. The van der Waals surface area contributed by atoms with Crippen molar-refractivity contribution < 1.29 is 4.79 Å². The Morgan fingerprint density at radius 2 is 1.94 bits per heavy atom. The smallest absolute Gasteiger partial charge is 0.253 e. The van der Waals surface area contributed by atoms with E-state index in [4.69, 9.17) is 0 Å². The number of hydrogen-bond acceptors (Lipinski definition) is 1. The lowest BCUT2D eigenvalue weighted by atomic mass is 10.1. The number of nitrogens with zero attached hydrogens (tertiary/aromatic N) is 1. The summed E-state index contributed by atoms with van der Waals surface area (Å²) in [4.78, 5) is 13.9. The van der Waals surface area contributed by atoms with Crippen LogP contribution < -0.4 is 0 Å². The molecule has 0 N–H and O–H groups in total. The van der Waals surface area contributed by atoms with Crippen LogP contribution in [0.25, 0.3) is 0 Å².